The molecule has 5 nitrogen and oxygen atoms in total. The zero-order chi connectivity index (χ0) is 22.4. The van der Waals surface area contributed by atoms with Crippen LogP contribution in [0.3, 0.4) is 0 Å². The number of aryl methyl sites for hydroxylation is 1. The Balaban J connectivity index is 1.67. The highest BCUT2D eigenvalue weighted by Crippen LogP contribution is 2.24. The van der Waals surface area contributed by atoms with Gasteiger partial charge < -0.3 is 5.32 Å². The van der Waals surface area contributed by atoms with Crippen LogP contribution in [0.1, 0.15) is 39.9 Å². The van der Waals surface area contributed by atoms with Gasteiger partial charge in [0.05, 0.1) is 18.5 Å². The molecule has 0 bridgehead atoms. The van der Waals surface area contributed by atoms with E-state index in [4.69, 9.17) is 0 Å². The van der Waals surface area contributed by atoms with Crippen molar-refractivity contribution in [3.8, 4) is 0 Å². The van der Waals surface area contributed by atoms with Crippen LogP contribution in [-0.2, 0) is 16.6 Å². The molecule has 0 spiro atoms. The van der Waals surface area contributed by atoms with Gasteiger partial charge in [0.2, 0.25) is 10.0 Å². The summed E-state index contributed by atoms with van der Waals surface area (Å²) in [4.78, 5) is 12.5. The summed E-state index contributed by atoms with van der Waals surface area (Å²) >= 11 is 0. The smallest absolute Gasteiger partial charge is 0.251 e. The molecule has 1 amide bonds. The molecule has 31 heavy (non-hydrogen) atoms. The van der Waals surface area contributed by atoms with Crippen LogP contribution in [0.4, 0.5) is 5.69 Å². The van der Waals surface area contributed by atoms with Crippen LogP contribution < -0.4 is 9.62 Å². The molecule has 0 saturated carbocycles. The maximum atomic E-state index is 12.5. The molecule has 0 aliphatic heterocycles. The number of nitrogens with zero attached hydrogens (tertiary/aromatic N) is 1. The number of benzene rings is 3. The molecule has 0 heterocycles. The Kier molecular flexibility index (Phi) is 7.13. The normalized spacial score (nSPS) is 12.2. The van der Waals surface area contributed by atoms with Crippen molar-refractivity contribution in [2.45, 2.75) is 26.3 Å². The molecule has 6 heteroatoms. The summed E-state index contributed by atoms with van der Waals surface area (Å²) < 4.78 is 26.2. The fourth-order valence-electron chi connectivity index (χ4n) is 3.40. The van der Waals surface area contributed by atoms with E-state index in [-0.39, 0.29) is 18.4 Å². The van der Waals surface area contributed by atoms with Crippen molar-refractivity contribution in [2.24, 2.45) is 0 Å². The first-order valence-electron chi connectivity index (χ1n) is 10.2. The lowest BCUT2D eigenvalue weighted by atomic mass is 10.0. The molecule has 162 valence electrons. The third-order valence-electron chi connectivity index (χ3n) is 5.26. The number of sulfonamides is 1. The van der Waals surface area contributed by atoms with Crippen LogP contribution in [0, 0.1) is 6.92 Å². The third-order valence-corrected chi connectivity index (χ3v) is 6.39. The molecule has 0 aliphatic carbocycles. The fraction of sp³-hybridized carbons (Fsp3) is 0.240. The number of hydrogen-bond donors (Lipinski definition) is 1. The van der Waals surface area contributed by atoms with Gasteiger partial charge >= 0.3 is 0 Å². The van der Waals surface area contributed by atoms with Crippen LogP contribution in [0.2, 0.25) is 0 Å². The molecule has 0 aromatic heterocycles. The van der Waals surface area contributed by atoms with E-state index in [9.17, 15) is 13.2 Å². The van der Waals surface area contributed by atoms with Crippen molar-refractivity contribution < 1.29 is 13.2 Å². The summed E-state index contributed by atoms with van der Waals surface area (Å²) in [7, 11) is -3.46. The van der Waals surface area contributed by atoms with Gasteiger partial charge in [-0.25, -0.2) is 8.42 Å². The number of para-hydroxylation sites is 1. The Hall–Kier alpha value is -3.12. The summed E-state index contributed by atoms with van der Waals surface area (Å²) in [5, 5.41) is 2.97. The molecule has 0 fully saturated rings. The molecular formula is C25H28N2O3S. The Morgan fingerprint density at radius 3 is 2.16 bits per heavy atom. The highest BCUT2D eigenvalue weighted by Gasteiger charge is 2.19. The first kappa shape index (κ1) is 22.6. The SMILES string of the molecule is Cc1ccccc1N(Cc1ccc(C(=O)NCC(C)c2ccccc2)cc1)S(C)(=O)=O. The Bertz CT molecular complexity index is 1130. The molecule has 0 aliphatic rings. The lowest BCUT2D eigenvalue weighted by Crippen LogP contribution is -2.30. The lowest BCUT2D eigenvalue weighted by Gasteiger charge is -2.24. The molecule has 3 aromatic rings. The molecule has 0 radical (unpaired) electrons. The molecular weight excluding hydrogens is 408 g/mol. The van der Waals surface area contributed by atoms with Gasteiger partial charge in [-0.1, -0.05) is 67.6 Å². The second-order valence-electron chi connectivity index (χ2n) is 7.77. The average molecular weight is 437 g/mol. The van der Waals surface area contributed by atoms with E-state index >= 15 is 0 Å². The van der Waals surface area contributed by atoms with Gasteiger partial charge in [0, 0.05) is 12.1 Å². The van der Waals surface area contributed by atoms with Gasteiger partial charge in [0.25, 0.3) is 5.91 Å². The Morgan fingerprint density at radius 1 is 0.935 bits per heavy atom. The quantitative estimate of drug-likeness (QED) is 0.566. The number of anilines is 1. The lowest BCUT2D eigenvalue weighted by molar-refractivity contribution is 0.0951. The van der Waals surface area contributed by atoms with E-state index in [1.54, 1.807) is 30.3 Å². The standard InChI is InChI=1S/C25H28N2O3S/c1-19-9-7-8-12-24(19)27(31(3,29)30)18-21-13-15-23(16-14-21)25(28)26-17-20(2)22-10-5-4-6-11-22/h4-16,20H,17-18H2,1-3H3,(H,26,28). The van der Waals surface area contributed by atoms with E-state index in [1.165, 1.54) is 16.1 Å². The summed E-state index contributed by atoms with van der Waals surface area (Å²) in [6.45, 7) is 4.71. The average Bonchev–Trinajstić information content (AvgIpc) is 2.76. The second kappa shape index (κ2) is 9.79. The summed E-state index contributed by atoms with van der Waals surface area (Å²) in [5.41, 5.74) is 4.07. The minimum atomic E-state index is -3.46. The van der Waals surface area contributed by atoms with Crippen molar-refractivity contribution in [3.05, 3.63) is 101 Å². The molecule has 0 saturated heterocycles. The van der Waals surface area contributed by atoms with Crippen molar-refractivity contribution in [1.29, 1.82) is 0 Å². The van der Waals surface area contributed by atoms with Crippen LogP contribution in [0.25, 0.3) is 0 Å². The topological polar surface area (TPSA) is 66.5 Å². The Morgan fingerprint density at radius 2 is 1.55 bits per heavy atom. The van der Waals surface area contributed by atoms with Crippen molar-refractivity contribution in [1.82, 2.24) is 5.32 Å². The number of hydrogen-bond acceptors (Lipinski definition) is 3. The number of amides is 1. The number of rotatable bonds is 8. The molecule has 3 rings (SSSR count). The van der Waals surface area contributed by atoms with Gasteiger partial charge in [0.1, 0.15) is 0 Å². The predicted molar refractivity (Wildman–Crippen MR) is 126 cm³/mol. The first-order valence-corrected chi connectivity index (χ1v) is 12.1. The van der Waals surface area contributed by atoms with E-state index in [2.05, 4.69) is 12.2 Å². The van der Waals surface area contributed by atoms with E-state index in [0.717, 1.165) is 11.1 Å². The second-order valence-corrected chi connectivity index (χ2v) is 9.68. The summed E-state index contributed by atoms with van der Waals surface area (Å²) in [5.74, 6) is 0.0649. The van der Waals surface area contributed by atoms with Gasteiger partial charge in [-0.3, -0.25) is 9.10 Å². The summed E-state index contributed by atoms with van der Waals surface area (Å²) in [6, 6.07) is 24.5. The monoisotopic (exact) mass is 436 g/mol. The molecule has 3 aromatic carbocycles. The zero-order valence-corrected chi connectivity index (χ0v) is 18.9. The molecule has 1 unspecified atom stereocenters. The van der Waals surface area contributed by atoms with E-state index in [0.29, 0.717) is 17.8 Å². The van der Waals surface area contributed by atoms with Gasteiger partial charge in [-0.15, -0.1) is 0 Å². The van der Waals surface area contributed by atoms with Gasteiger partial charge in [-0.05, 0) is 47.7 Å². The minimum Gasteiger partial charge on any atom is -0.351 e. The number of carbonyl (C=O) groups excluding carboxylic acids is 1. The number of carbonyl (C=O) groups is 1. The fourth-order valence-corrected chi connectivity index (χ4v) is 4.34. The van der Waals surface area contributed by atoms with Gasteiger partial charge in [0.15, 0.2) is 0 Å². The minimum absolute atomic E-state index is 0.145. The van der Waals surface area contributed by atoms with E-state index < -0.39 is 10.0 Å². The van der Waals surface area contributed by atoms with Gasteiger partial charge in [-0.2, -0.15) is 0 Å². The van der Waals surface area contributed by atoms with Crippen LogP contribution in [0.15, 0.2) is 78.9 Å². The highest BCUT2D eigenvalue weighted by atomic mass is 32.2. The van der Waals surface area contributed by atoms with Crippen LogP contribution in [-0.4, -0.2) is 27.1 Å². The third kappa shape index (κ3) is 5.95. The summed E-state index contributed by atoms with van der Waals surface area (Å²) in [6.07, 6.45) is 1.20. The maximum absolute atomic E-state index is 12.5. The zero-order valence-electron chi connectivity index (χ0n) is 18.1. The first-order chi connectivity index (χ1) is 14.8. The van der Waals surface area contributed by atoms with E-state index in [1.807, 2.05) is 55.5 Å². The largest absolute Gasteiger partial charge is 0.351 e. The van der Waals surface area contributed by atoms with Crippen molar-refractivity contribution in [3.63, 3.8) is 0 Å². The highest BCUT2D eigenvalue weighted by molar-refractivity contribution is 7.92. The molecule has 1 N–H and O–H groups in total. The van der Waals surface area contributed by atoms with Crippen LogP contribution >= 0.6 is 0 Å². The number of nitrogens with one attached hydrogen (secondary N) is 1. The Labute approximate surface area is 184 Å². The van der Waals surface area contributed by atoms with Crippen molar-refractivity contribution >= 4 is 21.6 Å². The van der Waals surface area contributed by atoms with Crippen LogP contribution in [0.5, 0.6) is 0 Å². The molecule has 1 atom stereocenters. The maximum Gasteiger partial charge on any atom is 0.251 e. The van der Waals surface area contributed by atoms with Crippen molar-refractivity contribution in [2.75, 3.05) is 17.1 Å². The predicted octanol–water partition coefficient (Wildman–Crippen LogP) is 4.49.